The number of fused-ring (bicyclic) bond motifs is 1. The summed E-state index contributed by atoms with van der Waals surface area (Å²) in [5.41, 5.74) is 1.21. The van der Waals surface area contributed by atoms with Gasteiger partial charge in [-0.1, -0.05) is 6.07 Å². The van der Waals surface area contributed by atoms with Crippen molar-refractivity contribution in [2.75, 3.05) is 10.5 Å². The van der Waals surface area contributed by atoms with E-state index < -0.39 is 15.6 Å². The Kier molecular flexibility index (Phi) is 5.51. The van der Waals surface area contributed by atoms with Crippen molar-refractivity contribution in [1.29, 1.82) is 0 Å². The highest BCUT2D eigenvalue weighted by molar-refractivity contribution is 7.92. The molecule has 0 unspecified atom stereocenters. The first-order chi connectivity index (χ1) is 15.2. The van der Waals surface area contributed by atoms with Gasteiger partial charge in [-0.15, -0.1) is 10.2 Å². The van der Waals surface area contributed by atoms with Crippen molar-refractivity contribution in [2.45, 2.75) is 33.7 Å². The molecule has 10 nitrogen and oxygen atoms in total. The topological polar surface area (TPSA) is 125 Å². The lowest BCUT2D eigenvalue weighted by Crippen LogP contribution is -2.22. The van der Waals surface area contributed by atoms with Gasteiger partial charge in [0.15, 0.2) is 11.6 Å². The molecule has 0 spiro atoms. The summed E-state index contributed by atoms with van der Waals surface area (Å²) >= 11 is 0. The van der Waals surface area contributed by atoms with Crippen LogP contribution in [-0.4, -0.2) is 43.7 Å². The number of anilines is 1. The lowest BCUT2D eigenvalue weighted by molar-refractivity contribution is 0.602. The second kappa shape index (κ2) is 8.15. The van der Waals surface area contributed by atoms with Crippen molar-refractivity contribution in [1.82, 2.24) is 29.5 Å². The number of hydrogen-bond acceptors (Lipinski definition) is 7. The molecule has 0 saturated carbocycles. The average Bonchev–Trinajstić information content (AvgIpc) is 3.25. The SMILES string of the molecule is CCS(=O)(=O)Nc1cc2c(=O)n(-c3cccc(-c4nncn4C(C)C)n3)ncc2cc1C. The molecule has 3 aromatic heterocycles. The molecule has 3 heterocycles. The van der Waals surface area contributed by atoms with E-state index in [1.165, 1.54) is 10.7 Å². The molecule has 11 heteroatoms. The van der Waals surface area contributed by atoms with Crippen molar-refractivity contribution in [3.63, 3.8) is 0 Å². The molecule has 0 fully saturated rings. The monoisotopic (exact) mass is 453 g/mol. The third-order valence-electron chi connectivity index (χ3n) is 5.09. The van der Waals surface area contributed by atoms with Crippen LogP contribution in [0, 0.1) is 6.92 Å². The standard InChI is InChI=1S/C21H23N7O3S/c1-5-32(30,31)26-18-10-16-15(9-14(18)4)11-23-28(21(16)29)19-8-6-7-17(24-19)20-25-22-12-27(20)13(2)3/h6-13,26H,5H2,1-4H3. The zero-order chi connectivity index (χ0) is 23.0. The lowest BCUT2D eigenvalue weighted by atomic mass is 10.1. The molecule has 166 valence electrons. The summed E-state index contributed by atoms with van der Waals surface area (Å²) in [6, 6.07) is 8.65. The molecule has 0 amide bonds. The Morgan fingerprint density at radius 1 is 1.19 bits per heavy atom. The summed E-state index contributed by atoms with van der Waals surface area (Å²) in [5, 5.41) is 13.3. The van der Waals surface area contributed by atoms with Crippen LogP contribution in [0.15, 0.2) is 47.7 Å². The van der Waals surface area contributed by atoms with Gasteiger partial charge in [-0.3, -0.25) is 9.52 Å². The first-order valence-corrected chi connectivity index (χ1v) is 11.8. The Balaban J connectivity index is 1.84. The number of nitrogens with zero attached hydrogens (tertiary/aromatic N) is 6. The van der Waals surface area contributed by atoms with Crippen molar-refractivity contribution >= 4 is 26.5 Å². The minimum Gasteiger partial charge on any atom is -0.310 e. The molecular weight excluding hydrogens is 430 g/mol. The Morgan fingerprint density at radius 3 is 2.69 bits per heavy atom. The van der Waals surface area contributed by atoms with Crippen LogP contribution in [0.5, 0.6) is 0 Å². The molecule has 4 rings (SSSR count). The number of aromatic nitrogens is 6. The van der Waals surface area contributed by atoms with E-state index in [2.05, 4.69) is 25.0 Å². The van der Waals surface area contributed by atoms with Gasteiger partial charge in [0.05, 0.1) is 23.0 Å². The van der Waals surface area contributed by atoms with Crippen LogP contribution in [-0.2, 0) is 10.0 Å². The van der Waals surface area contributed by atoms with E-state index in [4.69, 9.17) is 0 Å². The maximum absolute atomic E-state index is 13.3. The van der Waals surface area contributed by atoms with Gasteiger partial charge in [0.25, 0.3) is 5.56 Å². The Labute approximate surface area is 185 Å². The minimum atomic E-state index is -3.48. The van der Waals surface area contributed by atoms with Crippen LogP contribution in [0.1, 0.15) is 32.4 Å². The first-order valence-electron chi connectivity index (χ1n) is 10.1. The molecular formula is C21H23N7O3S. The van der Waals surface area contributed by atoms with Gasteiger partial charge in [-0.25, -0.2) is 13.4 Å². The summed E-state index contributed by atoms with van der Waals surface area (Å²) < 4.78 is 29.7. The quantitative estimate of drug-likeness (QED) is 0.476. The van der Waals surface area contributed by atoms with Gasteiger partial charge in [-0.2, -0.15) is 9.78 Å². The summed E-state index contributed by atoms with van der Waals surface area (Å²) in [5.74, 6) is 0.842. The predicted molar refractivity (Wildman–Crippen MR) is 122 cm³/mol. The maximum atomic E-state index is 13.3. The van der Waals surface area contributed by atoms with E-state index in [9.17, 15) is 13.2 Å². The molecule has 1 N–H and O–H groups in total. The van der Waals surface area contributed by atoms with Crippen molar-refractivity contribution < 1.29 is 8.42 Å². The van der Waals surface area contributed by atoms with Crippen LogP contribution >= 0.6 is 0 Å². The van der Waals surface area contributed by atoms with Crippen LogP contribution < -0.4 is 10.3 Å². The van der Waals surface area contributed by atoms with E-state index >= 15 is 0 Å². The number of hydrogen-bond donors (Lipinski definition) is 1. The molecule has 0 aliphatic rings. The first kappa shape index (κ1) is 21.6. The highest BCUT2D eigenvalue weighted by atomic mass is 32.2. The third-order valence-corrected chi connectivity index (χ3v) is 6.38. The highest BCUT2D eigenvalue weighted by Gasteiger charge is 2.15. The minimum absolute atomic E-state index is 0.0667. The highest BCUT2D eigenvalue weighted by Crippen LogP contribution is 2.23. The normalized spacial score (nSPS) is 11.9. The molecule has 0 saturated heterocycles. The molecule has 0 radical (unpaired) electrons. The van der Waals surface area contributed by atoms with E-state index in [1.54, 1.807) is 50.6 Å². The van der Waals surface area contributed by atoms with Crippen LogP contribution in [0.25, 0.3) is 28.1 Å². The number of nitrogens with one attached hydrogen (secondary N) is 1. The molecule has 0 bridgehead atoms. The van der Waals surface area contributed by atoms with Crippen molar-refractivity contribution in [2.24, 2.45) is 0 Å². The van der Waals surface area contributed by atoms with E-state index in [-0.39, 0.29) is 11.8 Å². The van der Waals surface area contributed by atoms with Crippen LogP contribution in [0.3, 0.4) is 0 Å². The molecule has 0 atom stereocenters. The number of aryl methyl sites for hydroxylation is 1. The zero-order valence-electron chi connectivity index (χ0n) is 18.1. The summed E-state index contributed by atoms with van der Waals surface area (Å²) in [7, 11) is -3.48. The molecule has 32 heavy (non-hydrogen) atoms. The molecule has 0 aliphatic heterocycles. The van der Waals surface area contributed by atoms with Gasteiger partial charge in [0.2, 0.25) is 10.0 Å². The largest absolute Gasteiger partial charge is 0.310 e. The molecule has 4 aromatic rings. The second-order valence-corrected chi connectivity index (χ2v) is 9.67. The molecule has 0 aliphatic carbocycles. The zero-order valence-corrected chi connectivity index (χ0v) is 19.0. The fourth-order valence-electron chi connectivity index (χ4n) is 3.29. The van der Waals surface area contributed by atoms with Gasteiger partial charge < -0.3 is 4.57 Å². The van der Waals surface area contributed by atoms with E-state index in [0.717, 1.165) is 0 Å². The molecule has 1 aromatic carbocycles. The number of benzene rings is 1. The summed E-state index contributed by atoms with van der Waals surface area (Å²) in [6.07, 6.45) is 3.20. The van der Waals surface area contributed by atoms with Crippen molar-refractivity contribution in [3.05, 3.63) is 58.8 Å². The third kappa shape index (κ3) is 3.98. The van der Waals surface area contributed by atoms with Gasteiger partial charge in [0, 0.05) is 11.4 Å². The number of pyridine rings is 1. The fraction of sp³-hybridized carbons (Fsp3) is 0.286. The van der Waals surface area contributed by atoms with E-state index in [1.807, 2.05) is 18.4 Å². The number of rotatable bonds is 6. The summed E-state index contributed by atoms with van der Waals surface area (Å²) in [4.78, 5) is 17.8. The average molecular weight is 454 g/mol. The summed E-state index contributed by atoms with van der Waals surface area (Å²) in [6.45, 7) is 7.35. The smallest absolute Gasteiger partial charge is 0.280 e. The Morgan fingerprint density at radius 2 is 1.97 bits per heavy atom. The Bertz CT molecular complexity index is 1470. The predicted octanol–water partition coefficient (Wildman–Crippen LogP) is 2.69. The Hall–Kier alpha value is -3.60. The van der Waals surface area contributed by atoms with Crippen LogP contribution in [0.2, 0.25) is 0 Å². The lowest BCUT2D eigenvalue weighted by Gasteiger charge is -2.12. The van der Waals surface area contributed by atoms with Gasteiger partial charge in [-0.05, 0) is 57.5 Å². The van der Waals surface area contributed by atoms with E-state index in [0.29, 0.717) is 39.4 Å². The number of sulfonamides is 1. The van der Waals surface area contributed by atoms with Gasteiger partial charge in [0.1, 0.15) is 12.0 Å². The van der Waals surface area contributed by atoms with Gasteiger partial charge >= 0.3 is 0 Å². The van der Waals surface area contributed by atoms with Crippen molar-refractivity contribution in [3.8, 4) is 17.3 Å². The fourth-order valence-corrected chi connectivity index (χ4v) is 3.99. The van der Waals surface area contributed by atoms with Crippen LogP contribution in [0.4, 0.5) is 5.69 Å². The maximum Gasteiger partial charge on any atom is 0.280 e. The second-order valence-electron chi connectivity index (χ2n) is 7.66.